The summed E-state index contributed by atoms with van der Waals surface area (Å²) in [5.41, 5.74) is 0.355. The van der Waals surface area contributed by atoms with Crippen molar-refractivity contribution in [1.82, 2.24) is 9.38 Å². The van der Waals surface area contributed by atoms with Gasteiger partial charge < -0.3 is 10.2 Å². The number of hydrogen-bond acceptors (Lipinski definition) is 3. The molecule has 76 valence electrons. The van der Waals surface area contributed by atoms with E-state index < -0.39 is 11.9 Å². The average molecular weight is 206 g/mol. The van der Waals surface area contributed by atoms with Gasteiger partial charge in [0.15, 0.2) is 5.69 Å². The largest absolute Gasteiger partial charge is 0.478 e. The monoisotopic (exact) mass is 206 g/mol. The van der Waals surface area contributed by atoms with E-state index in [1.807, 2.05) is 0 Å². The van der Waals surface area contributed by atoms with Crippen molar-refractivity contribution < 1.29 is 19.8 Å². The summed E-state index contributed by atoms with van der Waals surface area (Å²) in [6.07, 6.45) is 2.41. The smallest absolute Gasteiger partial charge is 0.354 e. The lowest BCUT2D eigenvalue weighted by Gasteiger charge is -1.98. The topological polar surface area (TPSA) is 91.9 Å². The molecule has 2 heterocycles. The average Bonchev–Trinajstić information content (AvgIpc) is 2.59. The van der Waals surface area contributed by atoms with Crippen LogP contribution in [-0.2, 0) is 0 Å². The molecule has 0 saturated carbocycles. The highest BCUT2D eigenvalue weighted by molar-refractivity contribution is 5.89. The van der Waals surface area contributed by atoms with Crippen LogP contribution in [0.3, 0.4) is 0 Å². The second-order valence-corrected chi connectivity index (χ2v) is 2.90. The summed E-state index contributed by atoms with van der Waals surface area (Å²) in [5.74, 6) is -2.26. The molecule has 6 nitrogen and oxygen atoms in total. The van der Waals surface area contributed by atoms with Gasteiger partial charge in [-0.15, -0.1) is 0 Å². The molecule has 0 bridgehead atoms. The van der Waals surface area contributed by atoms with Crippen molar-refractivity contribution in [2.75, 3.05) is 0 Å². The van der Waals surface area contributed by atoms with Crippen LogP contribution in [0, 0.1) is 0 Å². The van der Waals surface area contributed by atoms with Crippen LogP contribution in [0.25, 0.3) is 5.65 Å². The van der Waals surface area contributed by atoms with Gasteiger partial charge in [0.05, 0.1) is 11.8 Å². The summed E-state index contributed by atoms with van der Waals surface area (Å²) in [6, 6.07) is 2.83. The first-order valence-corrected chi connectivity index (χ1v) is 4.03. The number of aromatic nitrogens is 2. The molecular formula is C9H6N2O4. The van der Waals surface area contributed by atoms with Crippen molar-refractivity contribution in [2.24, 2.45) is 0 Å². The number of carboxylic acids is 2. The Balaban J connectivity index is 2.72. The maximum Gasteiger partial charge on any atom is 0.354 e. The van der Waals surface area contributed by atoms with Crippen molar-refractivity contribution >= 4 is 17.6 Å². The first-order chi connectivity index (χ1) is 7.09. The third kappa shape index (κ3) is 1.41. The second kappa shape index (κ2) is 3.09. The molecule has 0 amide bonds. The lowest BCUT2D eigenvalue weighted by atomic mass is 10.3. The van der Waals surface area contributed by atoms with Crippen molar-refractivity contribution in [3.8, 4) is 0 Å². The number of nitrogens with zero attached hydrogens (tertiary/aromatic N) is 2. The van der Waals surface area contributed by atoms with Crippen LogP contribution in [-0.4, -0.2) is 31.5 Å². The van der Waals surface area contributed by atoms with Gasteiger partial charge in [0.1, 0.15) is 5.65 Å². The van der Waals surface area contributed by atoms with E-state index in [2.05, 4.69) is 4.98 Å². The van der Waals surface area contributed by atoms with E-state index in [9.17, 15) is 9.59 Å². The molecule has 2 aromatic rings. The minimum Gasteiger partial charge on any atom is -0.478 e. The third-order valence-corrected chi connectivity index (χ3v) is 1.97. The Morgan fingerprint density at radius 2 is 1.93 bits per heavy atom. The first kappa shape index (κ1) is 9.20. The fourth-order valence-corrected chi connectivity index (χ4v) is 1.27. The van der Waals surface area contributed by atoms with Gasteiger partial charge in [0.25, 0.3) is 0 Å². The van der Waals surface area contributed by atoms with Gasteiger partial charge in [-0.25, -0.2) is 14.6 Å². The molecule has 0 unspecified atom stereocenters. The van der Waals surface area contributed by atoms with E-state index in [-0.39, 0.29) is 11.3 Å². The number of carboxylic acid groups (broad SMARTS) is 2. The quantitative estimate of drug-likeness (QED) is 0.755. The number of carbonyl (C=O) groups is 2. The second-order valence-electron chi connectivity index (χ2n) is 2.90. The molecule has 2 aromatic heterocycles. The summed E-state index contributed by atoms with van der Waals surface area (Å²) >= 11 is 0. The van der Waals surface area contributed by atoms with Gasteiger partial charge in [-0.1, -0.05) is 0 Å². The van der Waals surface area contributed by atoms with Gasteiger partial charge in [0.2, 0.25) is 0 Å². The van der Waals surface area contributed by atoms with E-state index in [1.165, 1.54) is 28.9 Å². The van der Waals surface area contributed by atoms with Crippen molar-refractivity contribution in [3.05, 3.63) is 35.8 Å². The fraction of sp³-hybridized carbons (Fsp3) is 0. The molecule has 0 aliphatic heterocycles. The van der Waals surface area contributed by atoms with Gasteiger partial charge in [-0.3, -0.25) is 4.40 Å². The number of aromatic carboxylic acids is 2. The normalized spacial score (nSPS) is 10.4. The lowest BCUT2D eigenvalue weighted by molar-refractivity contribution is 0.0677. The SMILES string of the molecule is O=C(O)c1ccc2ncc(C(=O)O)n2c1. The first-order valence-electron chi connectivity index (χ1n) is 4.03. The lowest BCUT2D eigenvalue weighted by Crippen LogP contribution is -2.04. The summed E-state index contributed by atoms with van der Waals surface area (Å²) < 4.78 is 1.23. The highest BCUT2D eigenvalue weighted by atomic mass is 16.4. The van der Waals surface area contributed by atoms with E-state index in [0.29, 0.717) is 5.65 Å². The zero-order valence-electron chi connectivity index (χ0n) is 7.41. The number of hydrogen-bond donors (Lipinski definition) is 2. The molecule has 0 saturated heterocycles. The molecule has 15 heavy (non-hydrogen) atoms. The van der Waals surface area contributed by atoms with Gasteiger partial charge >= 0.3 is 11.9 Å². The zero-order chi connectivity index (χ0) is 11.0. The Bertz CT molecular complexity index is 558. The molecule has 0 atom stereocenters. The third-order valence-electron chi connectivity index (χ3n) is 1.97. The van der Waals surface area contributed by atoms with Gasteiger partial charge in [0, 0.05) is 6.20 Å². The molecule has 0 radical (unpaired) electrons. The molecule has 2 rings (SSSR count). The zero-order valence-corrected chi connectivity index (χ0v) is 7.41. The van der Waals surface area contributed by atoms with Crippen LogP contribution in [0.15, 0.2) is 24.5 Å². The summed E-state index contributed by atoms with van der Waals surface area (Å²) in [7, 11) is 0. The molecule has 0 spiro atoms. The standard InChI is InChI=1S/C9H6N2O4/c12-8(13)5-1-2-7-10-3-6(9(14)15)11(7)4-5/h1-4H,(H,12,13)(H,14,15). The molecule has 2 N–H and O–H groups in total. The molecule has 0 aliphatic rings. The Kier molecular flexibility index (Phi) is 1.89. The molecule has 0 aliphatic carbocycles. The molecular weight excluding hydrogens is 200 g/mol. The summed E-state index contributed by atoms with van der Waals surface area (Å²) in [5, 5.41) is 17.5. The van der Waals surface area contributed by atoms with Crippen molar-refractivity contribution in [2.45, 2.75) is 0 Å². The van der Waals surface area contributed by atoms with Crippen LogP contribution in [0.5, 0.6) is 0 Å². The number of pyridine rings is 1. The van der Waals surface area contributed by atoms with Crippen LogP contribution >= 0.6 is 0 Å². The predicted octanol–water partition coefficient (Wildman–Crippen LogP) is 0.731. The highest BCUT2D eigenvalue weighted by Gasteiger charge is 2.12. The van der Waals surface area contributed by atoms with Crippen LogP contribution in [0.4, 0.5) is 0 Å². The number of fused-ring (bicyclic) bond motifs is 1. The number of rotatable bonds is 2. The molecule has 6 heteroatoms. The summed E-state index contributed by atoms with van der Waals surface area (Å²) in [6.45, 7) is 0. The Morgan fingerprint density at radius 3 is 2.53 bits per heavy atom. The number of imidazole rings is 1. The Hall–Kier alpha value is -2.37. The van der Waals surface area contributed by atoms with Gasteiger partial charge in [-0.05, 0) is 12.1 Å². The fourth-order valence-electron chi connectivity index (χ4n) is 1.27. The van der Waals surface area contributed by atoms with Crippen LogP contribution in [0.1, 0.15) is 20.8 Å². The van der Waals surface area contributed by atoms with E-state index in [4.69, 9.17) is 10.2 Å². The maximum absolute atomic E-state index is 10.7. The summed E-state index contributed by atoms with van der Waals surface area (Å²) in [4.78, 5) is 25.2. The van der Waals surface area contributed by atoms with E-state index in [1.54, 1.807) is 0 Å². The van der Waals surface area contributed by atoms with Gasteiger partial charge in [-0.2, -0.15) is 0 Å². The Morgan fingerprint density at radius 1 is 1.20 bits per heavy atom. The van der Waals surface area contributed by atoms with E-state index in [0.717, 1.165) is 0 Å². The maximum atomic E-state index is 10.7. The minimum absolute atomic E-state index is 0.0167. The Labute approximate surface area is 83.4 Å². The van der Waals surface area contributed by atoms with Crippen LogP contribution < -0.4 is 0 Å². The highest BCUT2D eigenvalue weighted by Crippen LogP contribution is 2.09. The van der Waals surface area contributed by atoms with E-state index >= 15 is 0 Å². The molecule has 0 fully saturated rings. The molecule has 0 aromatic carbocycles. The minimum atomic E-state index is -1.15. The van der Waals surface area contributed by atoms with Crippen molar-refractivity contribution in [3.63, 3.8) is 0 Å². The van der Waals surface area contributed by atoms with Crippen LogP contribution in [0.2, 0.25) is 0 Å². The predicted molar refractivity (Wildman–Crippen MR) is 49.1 cm³/mol. The van der Waals surface area contributed by atoms with Crippen molar-refractivity contribution in [1.29, 1.82) is 0 Å².